The molecule has 2 aromatic rings. The fraction of sp³-hybridized carbons (Fsp3) is 0.368. The van der Waals surface area contributed by atoms with Gasteiger partial charge in [0.15, 0.2) is 9.84 Å². The zero-order chi connectivity index (χ0) is 19.6. The molecule has 3 rings (SSSR count). The van der Waals surface area contributed by atoms with Gasteiger partial charge in [0.1, 0.15) is 5.69 Å². The van der Waals surface area contributed by atoms with Gasteiger partial charge in [-0.25, -0.2) is 8.42 Å². The number of rotatable bonds is 5. The van der Waals surface area contributed by atoms with Crippen molar-refractivity contribution < 1.29 is 13.3 Å². The van der Waals surface area contributed by atoms with Crippen LogP contribution in [0.15, 0.2) is 47.4 Å². The first-order valence-electron chi connectivity index (χ1n) is 8.76. The predicted molar refractivity (Wildman–Crippen MR) is 105 cm³/mol. The fourth-order valence-electron chi connectivity index (χ4n) is 3.32. The number of piperazine rings is 1. The van der Waals surface area contributed by atoms with Crippen molar-refractivity contribution >= 4 is 21.2 Å². The van der Waals surface area contributed by atoms with Gasteiger partial charge in [0.2, 0.25) is 0 Å². The normalized spacial score (nSPS) is 15.7. The van der Waals surface area contributed by atoms with Gasteiger partial charge in [0, 0.05) is 45.0 Å². The minimum atomic E-state index is -3.48. The second-order valence-electron chi connectivity index (χ2n) is 6.87. The van der Waals surface area contributed by atoms with Crippen LogP contribution in [0.25, 0.3) is 0 Å². The molecule has 0 spiro atoms. The first-order valence-corrected chi connectivity index (χ1v) is 10.6. The molecule has 144 valence electrons. The number of aryl methyl sites for hydroxylation is 1. The molecule has 0 radical (unpaired) electrons. The van der Waals surface area contributed by atoms with Crippen LogP contribution in [0.3, 0.4) is 0 Å². The molecule has 0 aliphatic carbocycles. The summed E-state index contributed by atoms with van der Waals surface area (Å²) in [6, 6.07) is 12.4. The van der Waals surface area contributed by atoms with Crippen molar-refractivity contribution in [1.29, 1.82) is 0 Å². The van der Waals surface area contributed by atoms with E-state index in [9.17, 15) is 18.5 Å². The van der Waals surface area contributed by atoms with E-state index >= 15 is 0 Å². The zero-order valence-electron chi connectivity index (χ0n) is 15.5. The van der Waals surface area contributed by atoms with Crippen LogP contribution in [-0.4, -0.2) is 50.7 Å². The average Bonchev–Trinajstić information content (AvgIpc) is 2.63. The van der Waals surface area contributed by atoms with E-state index < -0.39 is 14.8 Å². The SMILES string of the molecule is Cc1ccccc1CN1CCN(c2ccc(S(C)(=O)=O)cc2[N+](=O)[O-])CC1. The summed E-state index contributed by atoms with van der Waals surface area (Å²) in [6.07, 6.45) is 1.05. The van der Waals surface area contributed by atoms with Gasteiger partial charge in [0.05, 0.1) is 9.82 Å². The van der Waals surface area contributed by atoms with Gasteiger partial charge in [-0.05, 0) is 30.2 Å². The summed E-state index contributed by atoms with van der Waals surface area (Å²) in [6.45, 7) is 5.85. The Hall–Kier alpha value is -2.45. The molecular formula is C19H23N3O4S. The Morgan fingerprint density at radius 2 is 1.74 bits per heavy atom. The maximum Gasteiger partial charge on any atom is 0.293 e. The number of hydrogen-bond donors (Lipinski definition) is 0. The molecule has 8 heteroatoms. The minimum absolute atomic E-state index is 0.0314. The Kier molecular flexibility index (Phi) is 5.48. The highest BCUT2D eigenvalue weighted by atomic mass is 32.2. The topological polar surface area (TPSA) is 83.8 Å². The fourth-order valence-corrected chi connectivity index (χ4v) is 3.96. The molecule has 0 atom stereocenters. The number of sulfone groups is 1. The largest absolute Gasteiger partial charge is 0.363 e. The van der Waals surface area contributed by atoms with E-state index in [1.165, 1.54) is 17.2 Å². The number of nitro groups is 1. The summed E-state index contributed by atoms with van der Waals surface area (Å²) in [7, 11) is -3.48. The smallest absolute Gasteiger partial charge is 0.293 e. The lowest BCUT2D eigenvalue weighted by Gasteiger charge is -2.36. The van der Waals surface area contributed by atoms with E-state index in [4.69, 9.17) is 0 Å². The Bertz CT molecular complexity index is 951. The molecule has 0 N–H and O–H groups in total. The molecule has 1 heterocycles. The molecule has 0 bridgehead atoms. The van der Waals surface area contributed by atoms with E-state index in [1.807, 2.05) is 17.0 Å². The molecule has 1 aliphatic rings. The highest BCUT2D eigenvalue weighted by Crippen LogP contribution is 2.31. The Balaban J connectivity index is 1.74. The Morgan fingerprint density at radius 3 is 2.33 bits per heavy atom. The van der Waals surface area contributed by atoms with Crippen LogP contribution in [0, 0.1) is 17.0 Å². The zero-order valence-corrected chi connectivity index (χ0v) is 16.3. The lowest BCUT2D eigenvalue weighted by molar-refractivity contribution is -0.384. The molecule has 0 unspecified atom stereocenters. The van der Waals surface area contributed by atoms with E-state index in [-0.39, 0.29) is 10.6 Å². The molecule has 2 aromatic carbocycles. The molecule has 0 saturated carbocycles. The van der Waals surface area contributed by atoms with Gasteiger partial charge in [-0.3, -0.25) is 15.0 Å². The van der Waals surface area contributed by atoms with Crippen molar-refractivity contribution in [2.24, 2.45) is 0 Å². The summed E-state index contributed by atoms with van der Waals surface area (Å²) in [4.78, 5) is 15.2. The first-order chi connectivity index (χ1) is 12.8. The van der Waals surface area contributed by atoms with Gasteiger partial charge in [-0.1, -0.05) is 24.3 Å². The third-order valence-electron chi connectivity index (χ3n) is 4.94. The number of nitro benzene ring substituents is 1. The van der Waals surface area contributed by atoms with Crippen molar-refractivity contribution in [3.05, 3.63) is 63.7 Å². The van der Waals surface area contributed by atoms with Crippen molar-refractivity contribution in [2.45, 2.75) is 18.4 Å². The van der Waals surface area contributed by atoms with Gasteiger partial charge in [-0.15, -0.1) is 0 Å². The van der Waals surface area contributed by atoms with Crippen molar-refractivity contribution in [1.82, 2.24) is 4.90 Å². The lowest BCUT2D eigenvalue weighted by atomic mass is 10.1. The predicted octanol–water partition coefficient (Wildman–Crippen LogP) is 2.63. The molecule has 0 amide bonds. The van der Waals surface area contributed by atoms with Crippen LogP contribution in [0.2, 0.25) is 0 Å². The number of anilines is 1. The van der Waals surface area contributed by atoms with E-state index in [2.05, 4.69) is 24.0 Å². The molecular weight excluding hydrogens is 366 g/mol. The van der Waals surface area contributed by atoms with Crippen LogP contribution >= 0.6 is 0 Å². The van der Waals surface area contributed by atoms with Crippen LogP contribution in [0.5, 0.6) is 0 Å². The summed E-state index contributed by atoms with van der Waals surface area (Å²) in [5, 5.41) is 11.5. The molecule has 7 nitrogen and oxygen atoms in total. The lowest BCUT2D eigenvalue weighted by Crippen LogP contribution is -2.46. The van der Waals surface area contributed by atoms with Crippen LogP contribution in [0.1, 0.15) is 11.1 Å². The van der Waals surface area contributed by atoms with Crippen LogP contribution in [0.4, 0.5) is 11.4 Å². The second kappa shape index (κ2) is 7.66. The molecule has 0 aromatic heterocycles. The van der Waals surface area contributed by atoms with E-state index in [0.717, 1.165) is 32.0 Å². The van der Waals surface area contributed by atoms with Gasteiger partial charge in [-0.2, -0.15) is 0 Å². The third kappa shape index (κ3) is 4.45. The number of nitrogens with zero attached hydrogens (tertiary/aromatic N) is 3. The quantitative estimate of drug-likeness (QED) is 0.577. The molecule has 1 fully saturated rings. The van der Waals surface area contributed by atoms with Gasteiger partial charge >= 0.3 is 0 Å². The van der Waals surface area contributed by atoms with Crippen molar-refractivity contribution in [3.8, 4) is 0 Å². The van der Waals surface area contributed by atoms with E-state index in [0.29, 0.717) is 18.8 Å². The minimum Gasteiger partial charge on any atom is -0.363 e. The molecule has 1 saturated heterocycles. The third-order valence-corrected chi connectivity index (χ3v) is 6.05. The summed E-state index contributed by atoms with van der Waals surface area (Å²) in [5.41, 5.74) is 2.86. The second-order valence-corrected chi connectivity index (χ2v) is 8.89. The number of hydrogen-bond acceptors (Lipinski definition) is 6. The average molecular weight is 389 g/mol. The first kappa shape index (κ1) is 19.3. The molecule has 1 aliphatic heterocycles. The monoisotopic (exact) mass is 389 g/mol. The highest BCUT2D eigenvalue weighted by molar-refractivity contribution is 7.90. The Labute approximate surface area is 159 Å². The standard InChI is InChI=1S/C19H23N3O4S/c1-15-5-3-4-6-16(15)14-20-9-11-21(12-10-20)18-8-7-17(27(2,25)26)13-19(18)22(23)24/h3-8,13H,9-12,14H2,1-2H3. The van der Waals surface area contributed by atoms with Gasteiger partial charge < -0.3 is 4.90 Å². The maximum atomic E-state index is 11.7. The number of benzene rings is 2. The summed E-state index contributed by atoms with van der Waals surface area (Å²) < 4.78 is 23.4. The Morgan fingerprint density at radius 1 is 1.07 bits per heavy atom. The van der Waals surface area contributed by atoms with E-state index in [1.54, 1.807) is 6.07 Å². The molecule has 27 heavy (non-hydrogen) atoms. The highest BCUT2D eigenvalue weighted by Gasteiger charge is 2.25. The van der Waals surface area contributed by atoms with Crippen LogP contribution in [-0.2, 0) is 16.4 Å². The van der Waals surface area contributed by atoms with Gasteiger partial charge in [0.25, 0.3) is 5.69 Å². The maximum absolute atomic E-state index is 11.7. The van der Waals surface area contributed by atoms with Crippen molar-refractivity contribution in [3.63, 3.8) is 0 Å². The summed E-state index contributed by atoms with van der Waals surface area (Å²) in [5.74, 6) is 0. The van der Waals surface area contributed by atoms with Crippen molar-refractivity contribution in [2.75, 3.05) is 37.3 Å². The van der Waals surface area contributed by atoms with Crippen LogP contribution < -0.4 is 4.90 Å². The summed E-state index contributed by atoms with van der Waals surface area (Å²) >= 11 is 0.